The number of hydrogen-bond acceptors (Lipinski definition) is 4. The fourth-order valence-corrected chi connectivity index (χ4v) is 3.91. The minimum atomic E-state index is -1.12. The van der Waals surface area contributed by atoms with Gasteiger partial charge < -0.3 is 14.7 Å². The number of rotatable bonds is 6. The number of carbonyl (C=O) groups excluding carboxylic acids is 2. The molecule has 0 fully saturated rings. The summed E-state index contributed by atoms with van der Waals surface area (Å²) in [6, 6.07) is 21.5. The Morgan fingerprint density at radius 2 is 1.70 bits per heavy atom. The molecule has 4 rings (SSSR count). The molecule has 1 aliphatic rings. The predicted molar refractivity (Wildman–Crippen MR) is 123 cm³/mol. The van der Waals surface area contributed by atoms with Gasteiger partial charge in [0.05, 0.1) is 10.6 Å². The van der Waals surface area contributed by atoms with Crippen molar-refractivity contribution in [1.82, 2.24) is 4.90 Å². The molecule has 7 nitrogen and oxygen atoms in total. The molecule has 3 aromatic rings. The zero-order valence-electron chi connectivity index (χ0n) is 17.6. The molecule has 0 bridgehead atoms. The van der Waals surface area contributed by atoms with Gasteiger partial charge in [0.15, 0.2) is 0 Å². The van der Waals surface area contributed by atoms with Gasteiger partial charge >= 0.3 is 5.97 Å². The molecule has 0 saturated carbocycles. The molecular weight excluding hydrogens is 444 g/mol. The van der Waals surface area contributed by atoms with E-state index in [2.05, 4.69) is 0 Å². The predicted octanol–water partition coefficient (Wildman–Crippen LogP) is 3.99. The fraction of sp³-hybridized carbons (Fsp3) is 0.160. The molecule has 2 amide bonds. The number of fused-ring (bicyclic) bond motifs is 1. The number of benzene rings is 3. The smallest absolute Gasteiger partial charge is 0.323 e. The van der Waals surface area contributed by atoms with Crippen LogP contribution >= 0.6 is 11.6 Å². The van der Waals surface area contributed by atoms with Crippen LogP contribution in [0.3, 0.4) is 0 Å². The number of amides is 2. The quantitative estimate of drug-likeness (QED) is 0.596. The van der Waals surface area contributed by atoms with Crippen LogP contribution in [0.4, 0.5) is 5.69 Å². The Kier molecular flexibility index (Phi) is 6.60. The van der Waals surface area contributed by atoms with Gasteiger partial charge in [-0.15, -0.1) is 0 Å². The number of aliphatic carboxylic acids is 1. The van der Waals surface area contributed by atoms with E-state index in [-0.39, 0.29) is 23.7 Å². The van der Waals surface area contributed by atoms with Crippen molar-refractivity contribution in [3.8, 4) is 5.75 Å². The Balaban J connectivity index is 1.57. The monoisotopic (exact) mass is 464 g/mol. The Morgan fingerprint density at radius 3 is 2.42 bits per heavy atom. The number of hydrogen-bond donors (Lipinski definition) is 1. The molecule has 0 atom stereocenters. The minimum Gasteiger partial charge on any atom is -0.489 e. The van der Waals surface area contributed by atoms with Gasteiger partial charge in [0, 0.05) is 12.2 Å². The molecule has 0 aromatic heterocycles. The number of carboxylic acids is 1. The van der Waals surface area contributed by atoms with Crippen LogP contribution in [0, 0.1) is 0 Å². The van der Waals surface area contributed by atoms with Crippen LogP contribution in [0.15, 0.2) is 72.8 Å². The zero-order valence-corrected chi connectivity index (χ0v) is 18.4. The topological polar surface area (TPSA) is 87.2 Å². The Morgan fingerprint density at radius 1 is 0.970 bits per heavy atom. The van der Waals surface area contributed by atoms with Gasteiger partial charge in [0.25, 0.3) is 5.91 Å². The van der Waals surface area contributed by atoms with Gasteiger partial charge in [-0.05, 0) is 35.4 Å². The lowest BCUT2D eigenvalue weighted by atomic mass is 10.1. The van der Waals surface area contributed by atoms with E-state index in [1.54, 1.807) is 42.5 Å². The fourth-order valence-electron chi connectivity index (χ4n) is 3.66. The highest BCUT2D eigenvalue weighted by Gasteiger charge is 2.31. The highest BCUT2D eigenvalue weighted by Crippen LogP contribution is 2.30. The van der Waals surface area contributed by atoms with E-state index in [1.807, 2.05) is 30.3 Å². The summed E-state index contributed by atoms with van der Waals surface area (Å²) in [5.41, 5.74) is 2.44. The van der Waals surface area contributed by atoms with Crippen molar-refractivity contribution in [2.75, 3.05) is 18.0 Å². The van der Waals surface area contributed by atoms with Gasteiger partial charge in [0.2, 0.25) is 5.91 Å². The largest absolute Gasteiger partial charge is 0.489 e. The lowest BCUT2D eigenvalue weighted by Gasteiger charge is -2.22. The Hall–Kier alpha value is -3.84. The van der Waals surface area contributed by atoms with E-state index < -0.39 is 24.3 Å². The van der Waals surface area contributed by atoms with Crippen LogP contribution in [0.5, 0.6) is 5.75 Å². The second kappa shape index (κ2) is 9.75. The number of carboxylic acid groups (broad SMARTS) is 1. The van der Waals surface area contributed by atoms with Gasteiger partial charge in [-0.3, -0.25) is 19.3 Å². The summed E-state index contributed by atoms with van der Waals surface area (Å²) in [6.45, 7) is -0.266. The van der Waals surface area contributed by atoms with E-state index in [0.29, 0.717) is 23.6 Å². The third-order valence-electron chi connectivity index (χ3n) is 5.28. The summed E-state index contributed by atoms with van der Waals surface area (Å²) in [7, 11) is 0. The van der Waals surface area contributed by atoms with E-state index in [4.69, 9.17) is 21.4 Å². The maximum Gasteiger partial charge on any atom is 0.323 e. The number of carbonyl (C=O) groups is 3. The van der Waals surface area contributed by atoms with Crippen molar-refractivity contribution in [2.45, 2.75) is 13.2 Å². The summed E-state index contributed by atoms with van der Waals surface area (Å²) in [4.78, 5) is 39.9. The molecule has 1 heterocycles. The zero-order chi connectivity index (χ0) is 23.4. The molecule has 1 N–H and O–H groups in total. The lowest BCUT2D eigenvalue weighted by Crippen LogP contribution is -2.42. The molecule has 1 aliphatic heterocycles. The number of halogens is 1. The van der Waals surface area contributed by atoms with Crippen LogP contribution in [-0.4, -0.2) is 40.9 Å². The Labute approximate surface area is 195 Å². The van der Waals surface area contributed by atoms with Crippen LogP contribution < -0.4 is 9.64 Å². The van der Waals surface area contributed by atoms with Crippen molar-refractivity contribution >= 4 is 35.1 Å². The molecule has 0 saturated heterocycles. The van der Waals surface area contributed by atoms with E-state index in [9.17, 15) is 14.4 Å². The second-order valence-corrected chi connectivity index (χ2v) is 7.99. The molecule has 8 heteroatoms. The van der Waals surface area contributed by atoms with Crippen LogP contribution in [-0.2, 0) is 22.7 Å². The second-order valence-electron chi connectivity index (χ2n) is 7.58. The van der Waals surface area contributed by atoms with Crippen molar-refractivity contribution < 1.29 is 24.2 Å². The first-order valence-electron chi connectivity index (χ1n) is 10.3. The first-order chi connectivity index (χ1) is 15.9. The molecule has 0 radical (unpaired) electrons. The van der Waals surface area contributed by atoms with Crippen LogP contribution in [0.2, 0.25) is 5.02 Å². The highest BCUT2D eigenvalue weighted by molar-refractivity contribution is 6.34. The standard InChI is InChI=1S/C25H21ClN2O5/c26-21-12-19(33-16-17-6-2-1-3-7-17)10-11-20(21)25(32)28-14-23(29)27(15-24(30)31)13-18-8-4-5-9-22(18)28/h1-12H,13-16H2,(H,30,31). The number of anilines is 1. The van der Waals surface area contributed by atoms with Crippen molar-refractivity contribution in [2.24, 2.45) is 0 Å². The SMILES string of the molecule is O=C(O)CN1Cc2ccccc2N(C(=O)c2ccc(OCc3ccccc3)cc2Cl)CC1=O. The molecule has 0 unspecified atom stereocenters. The molecule has 33 heavy (non-hydrogen) atoms. The summed E-state index contributed by atoms with van der Waals surface area (Å²) in [5.74, 6) is -1.51. The first kappa shape index (κ1) is 22.4. The summed E-state index contributed by atoms with van der Waals surface area (Å²) < 4.78 is 5.77. The van der Waals surface area contributed by atoms with Gasteiger partial charge in [-0.25, -0.2) is 0 Å². The molecule has 0 aliphatic carbocycles. The Bertz CT molecular complexity index is 1200. The summed E-state index contributed by atoms with van der Waals surface area (Å²) >= 11 is 6.43. The first-order valence-corrected chi connectivity index (χ1v) is 10.7. The summed E-state index contributed by atoms with van der Waals surface area (Å²) in [6.07, 6.45) is 0. The van der Waals surface area contributed by atoms with E-state index >= 15 is 0 Å². The highest BCUT2D eigenvalue weighted by atomic mass is 35.5. The average molecular weight is 465 g/mol. The number of ether oxygens (including phenoxy) is 1. The van der Waals surface area contributed by atoms with Crippen LogP contribution in [0.25, 0.3) is 0 Å². The average Bonchev–Trinajstić information content (AvgIpc) is 2.94. The maximum absolute atomic E-state index is 13.4. The van der Waals surface area contributed by atoms with Crippen LogP contribution in [0.1, 0.15) is 21.5 Å². The van der Waals surface area contributed by atoms with Gasteiger partial charge in [0.1, 0.15) is 25.4 Å². The van der Waals surface area contributed by atoms with E-state index in [1.165, 1.54) is 9.80 Å². The van der Waals surface area contributed by atoms with Gasteiger partial charge in [-0.1, -0.05) is 60.1 Å². The van der Waals surface area contributed by atoms with Crippen molar-refractivity contribution in [1.29, 1.82) is 0 Å². The van der Waals surface area contributed by atoms with Crippen molar-refractivity contribution in [3.63, 3.8) is 0 Å². The number of para-hydroxylation sites is 1. The lowest BCUT2D eigenvalue weighted by molar-refractivity contribution is -0.144. The maximum atomic E-state index is 13.4. The molecule has 3 aromatic carbocycles. The third-order valence-corrected chi connectivity index (χ3v) is 5.59. The third kappa shape index (κ3) is 5.15. The van der Waals surface area contributed by atoms with E-state index in [0.717, 1.165) is 5.56 Å². The normalized spacial score (nSPS) is 13.3. The summed E-state index contributed by atoms with van der Waals surface area (Å²) in [5, 5.41) is 9.35. The van der Waals surface area contributed by atoms with Gasteiger partial charge in [-0.2, -0.15) is 0 Å². The molecule has 0 spiro atoms. The number of nitrogens with zero attached hydrogens (tertiary/aromatic N) is 2. The molecule has 168 valence electrons. The van der Waals surface area contributed by atoms with Crippen molar-refractivity contribution in [3.05, 3.63) is 94.5 Å². The minimum absolute atomic E-state index is 0.102. The molecular formula is C25H21ClN2O5.